The molecular weight excluding hydrogens is 356 g/mol. The topological polar surface area (TPSA) is 159 Å². The lowest BCUT2D eigenvalue weighted by molar-refractivity contribution is -0.139. The first-order valence-corrected chi connectivity index (χ1v) is 8.82. The predicted molar refractivity (Wildman–Crippen MR) is 86.1 cm³/mol. The molecule has 138 valence electrons. The summed E-state index contributed by atoms with van der Waals surface area (Å²) in [5, 5.41) is 20.1. The predicted octanol–water partition coefficient (Wildman–Crippen LogP) is -0.945. The molecular formula is C14H18N2O8S. The molecule has 1 amide bonds. The number of carboxylic acid groups (broad SMARTS) is 2. The molecule has 25 heavy (non-hydrogen) atoms. The molecule has 0 fully saturated rings. The van der Waals surface area contributed by atoms with E-state index in [1.165, 1.54) is 25.2 Å². The molecule has 10 nitrogen and oxygen atoms in total. The number of likely N-dealkylation sites (N-methyl/N-ethyl adjacent to an activating group) is 1. The molecule has 1 atom stereocenters. The zero-order valence-electron chi connectivity index (χ0n) is 13.5. The molecule has 0 heterocycles. The highest BCUT2D eigenvalue weighted by Crippen LogP contribution is 2.21. The van der Waals surface area contributed by atoms with Crippen molar-refractivity contribution in [2.75, 3.05) is 19.9 Å². The number of carboxylic acids is 2. The first-order chi connectivity index (χ1) is 11.5. The molecule has 1 rings (SSSR count). The van der Waals surface area contributed by atoms with E-state index >= 15 is 0 Å². The van der Waals surface area contributed by atoms with Gasteiger partial charge in [0.05, 0.1) is 6.26 Å². The number of rotatable bonds is 9. The second-order valence-electron chi connectivity index (χ2n) is 5.08. The van der Waals surface area contributed by atoms with Gasteiger partial charge in [-0.2, -0.15) is 0 Å². The van der Waals surface area contributed by atoms with Crippen LogP contribution < -0.4 is 14.8 Å². The molecule has 11 heteroatoms. The molecule has 4 N–H and O–H groups in total. The number of benzene rings is 1. The van der Waals surface area contributed by atoms with Crippen molar-refractivity contribution in [1.82, 2.24) is 10.0 Å². The number of hydrogen-bond acceptors (Lipinski definition) is 6. The normalized spacial score (nSPS) is 12.2. The summed E-state index contributed by atoms with van der Waals surface area (Å²) in [5.41, 5.74) is 0.0542. The summed E-state index contributed by atoms with van der Waals surface area (Å²) in [6.07, 6.45) is 0.792. The first-order valence-electron chi connectivity index (χ1n) is 6.93. The molecule has 0 aliphatic heterocycles. The van der Waals surface area contributed by atoms with Crippen LogP contribution in [0.2, 0.25) is 0 Å². The van der Waals surface area contributed by atoms with Crippen molar-refractivity contribution >= 4 is 27.9 Å². The molecule has 0 saturated carbocycles. The third kappa shape index (κ3) is 6.77. The van der Waals surface area contributed by atoms with Crippen LogP contribution in [0.3, 0.4) is 0 Å². The van der Waals surface area contributed by atoms with E-state index in [1.807, 2.05) is 0 Å². The summed E-state index contributed by atoms with van der Waals surface area (Å²) >= 11 is 0. The minimum atomic E-state index is -3.67. The van der Waals surface area contributed by atoms with Crippen molar-refractivity contribution in [2.45, 2.75) is 12.5 Å². The van der Waals surface area contributed by atoms with Crippen LogP contribution >= 0.6 is 0 Å². The standard InChI is InChI=1S/C14H18N2O8S/c1-15-13(19)10(16-25(2,22)23)6-8-3-4-11(24-7-12(17)18)9(5-8)14(20)21/h3-5,10,16H,6-7H2,1-2H3,(H,15,19)(H,17,18)(H,20,21)/t10-/m0/s1. The number of ether oxygens (including phenoxy) is 1. The molecule has 0 aliphatic carbocycles. The zero-order valence-corrected chi connectivity index (χ0v) is 14.3. The summed E-state index contributed by atoms with van der Waals surface area (Å²) in [5.74, 6) is -3.35. The number of hydrogen-bond donors (Lipinski definition) is 4. The van der Waals surface area contributed by atoms with Crippen molar-refractivity contribution in [3.05, 3.63) is 29.3 Å². The van der Waals surface area contributed by atoms with E-state index in [1.54, 1.807) is 0 Å². The Balaban J connectivity index is 3.10. The third-order valence-corrected chi connectivity index (χ3v) is 3.70. The Morgan fingerprint density at radius 3 is 2.36 bits per heavy atom. The van der Waals surface area contributed by atoms with Crippen LogP contribution in [0, 0.1) is 0 Å². The van der Waals surface area contributed by atoms with Crippen molar-refractivity contribution in [1.29, 1.82) is 0 Å². The Morgan fingerprint density at radius 2 is 1.88 bits per heavy atom. The average molecular weight is 374 g/mol. The van der Waals surface area contributed by atoms with Gasteiger partial charge in [0, 0.05) is 7.05 Å². The fourth-order valence-electron chi connectivity index (χ4n) is 1.99. The number of sulfonamides is 1. The monoisotopic (exact) mass is 374 g/mol. The van der Waals surface area contributed by atoms with Crippen LogP contribution in [-0.2, 0) is 26.0 Å². The highest BCUT2D eigenvalue weighted by Gasteiger charge is 2.23. The second-order valence-corrected chi connectivity index (χ2v) is 6.86. The maximum absolute atomic E-state index is 11.8. The second kappa shape index (κ2) is 8.44. The van der Waals surface area contributed by atoms with Crippen LogP contribution in [0.25, 0.3) is 0 Å². The first kappa shape index (κ1) is 20.4. The maximum Gasteiger partial charge on any atom is 0.341 e. The van der Waals surface area contributed by atoms with Gasteiger partial charge in [0.25, 0.3) is 0 Å². The van der Waals surface area contributed by atoms with Crippen LogP contribution in [0.4, 0.5) is 0 Å². The van der Waals surface area contributed by atoms with Gasteiger partial charge in [0.2, 0.25) is 15.9 Å². The summed E-state index contributed by atoms with van der Waals surface area (Å²) in [7, 11) is -2.33. The quantitative estimate of drug-likeness (QED) is 0.431. The average Bonchev–Trinajstić information content (AvgIpc) is 2.50. The van der Waals surface area contributed by atoms with E-state index in [2.05, 4.69) is 10.0 Å². The van der Waals surface area contributed by atoms with Crippen molar-refractivity contribution in [3.63, 3.8) is 0 Å². The molecule has 0 aliphatic rings. The van der Waals surface area contributed by atoms with Gasteiger partial charge >= 0.3 is 11.9 Å². The Morgan fingerprint density at radius 1 is 1.24 bits per heavy atom. The lowest BCUT2D eigenvalue weighted by atomic mass is 10.0. The molecule has 1 aromatic rings. The summed E-state index contributed by atoms with van der Waals surface area (Å²) in [6, 6.07) is 2.74. The van der Waals surface area contributed by atoms with Crippen LogP contribution in [0.15, 0.2) is 18.2 Å². The highest BCUT2D eigenvalue weighted by atomic mass is 32.2. The van der Waals surface area contributed by atoms with Crippen molar-refractivity contribution in [3.8, 4) is 5.75 Å². The number of aromatic carboxylic acids is 1. The summed E-state index contributed by atoms with van der Waals surface area (Å²) in [6.45, 7) is -0.712. The van der Waals surface area contributed by atoms with Gasteiger partial charge in [-0.25, -0.2) is 22.7 Å². The van der Waals surface area contributed by atoms with Crippen molar-refractivity contribution in [2.24, 2.45) is 0 Å². The minimum absolute atomic E-state index is 0.105. The number of carbonyl (C=O) groups excluding carboxylic acids is 1. The zero-order chi connectivity index (χ0) is 19.2. The molecule has 1 aromatic carbocycles. The molecule has 0 radical (unpaired) electrons. The smallest absolute Gasteiger partial charge is 0.341 e. The largest absolute Gasteiger partial charge is 0.481 e. The van der Waals surface area contributed by atoms with E-state index in [4.69, 9.17) is 9.84 Å². The van der Waals surface area contributed by atoms with Gasteiger partial charge in [-0.1, -0.05) is 6.07 Å². The molecule has 0 unspecified atom stereocenters. The lowest BCUT2D eigenvalue weighted by Crippen LogP contribution is -2.46. The van der Waals surface area contributed by atoms with Gasteiger partial charge in [0.1, 0.15) is 17.4 Å². The van der Waals surface area contributed by atoms with E-state index in [0.29, 0.717) is 5.56 Å². The molecule has 0 spiro atoms. The fraction of sp³-hybridized carbons (Fsp3) is 0.357. The van der Waals surface area contributed by atoms with Gasteiger partial charge < -0.3 is 20.3 Å². The number of aliphatic carboxylic acids is 1. The molecule has 0 aromatic heterocycles. The van der Waals surface area contributed by atoms with Gasteiger partial charge in [0.15, 0.2) is 6.61 Å². The van der Waals surface area contributed by atoms with E-state index in [9.17, 15) is 27.9 Å². The lowest BCUT2D eigenvalue weighted by Gasteiger charge is -2.17. The van der Waals surface area contributed by atoms with Gasteiger partial charge in [-0.3, -0.25) is 4.79 Å². The van der Waals surface area contributed by atoms with E-state index in [0.717, 1.165) is 6.26 Å². The minimum Gasteiger partial charge on any atom is -0.481 e. The Kier molecular flexibility index (Phi) is 6.88. The SMILES string of the molecule is CNC(=O)[C@H](Cc1ccc(OCC(=O)O)c(C(=O)O)c1)NS(C)(=O)=O. The summed E-state index contributed by atoms with van der Waals surface area (Å²) in [4.78, 5) is 33.6. The third-order valence-electron chi connectivity index (χ3n) is 2.98. The number of carbonyl (C=O) groups is 3. The maximum atomic E-state index is 11.8. The van der Waals surface area contributed by atoms with Gasteiger partial charge in [-0.15, -0.1) is 0 Å². The van der Waals surface area contributed by atoms with Crippen molar-refractivity contribution < 1.29 is 37.8 Å². The van der Waals surface area contributed by atoms with Crippen LogP contribution in [0.1, 0.15) is 15.9 Å². The number of nitrogens with one attached hydrogen (secondary N) is 2. The van der Waals surface area contributed by atoms with E-state index < -0.39 is 40.5 Å². The Labute approximate surface area is 143 Å². The highest BCUT2D eigenvalue weighted by molar-refractivity contribution is 7.88. The Hall–Kier alpha value is -2.66. The summed E-state index contributed by atoms with van der Waals surface area (Å²) < 4.78 is 29.8. The van der Waals surface area contributed by atoms with Crippen LogP contribution in [0.5, 0.6) is 5.75 Å². The molecule has 0 saturated heterocycles. The van der Waals surface area contributed by atoms with Crippen LogP contribution in [-0.4, -0.2) is 62.4 Å². The van der Waals surface area contributed by atoms with E-state index in [-0.39, 0.29) is 17.7 Å². The number of amides is 1. The Bertz CT molecular complexity index is 775. The molecule has 0 bridgehead atoms. The van der Waals surface area contributed by atoms with Gasteiger partial charge in [-0.05, 0) is 24.1 Å². The fourth-order valence-corrected chi connectivity index (χ4v) is 2.70.